The maximum Gasteiger partial charge on any atom is 0.119 e. The molecular weight excluding hydrogens is 280 g/mol. The molecule has 2 aliphatic carbocycles. The van der Waals surface area contributed by atoms with Gasteiger partial charge in [0.15, 0.2) is 0 Å². The molecule has 0 unspecified atom stereocenters. The SMILES string of the molecule is Oc1cc(C2CCCCCCC2)ccc1C1CCCCCCC1. The van der Waals surface area contributed by atoms with Gasteiger partial charge in [0.25, 0.3) is 0 Å². The van der Waals surface area contributed by atoms with Crippen molar-refractivity contribution in [3.8, 4) is 5.75 Å². The second kappa shape index (κ2) is 8.76. The highest BCUT2D eigenvalue weighted by atomic mass is 16.3. The van der Waals surface area contributed by atoms with Crippen molar-refractivity contribution in [2.75, 3.05) is 0 Å². The number of benzene rings is 1. The van der Waals surface area contributed by atoms with Gasteiger partial charge >= 0.3 is 0 Å². The van der Waals surface area contributed by atoms with Gasteiger partial charge in [-0.25, -0.2) is 0 Å². The molecule has 128 valence electrons. The summed E-state index contributed by atoms with van der Waals surface area (Å²) in [4.78, 5) is 0. The van der Waals surface area contributed by atoms with Crippen LogP contribution in [0.15, 0.2) is 18.2 Å². The molecule has 2 fully saturated rings. The Labute approximate surface area is 142 Å². The number of phenolic OH excluding ortho intramolecular Hbond substituents is 1. The predicted octanol–water partition coefficient (Wildman–Crippen LogP) is 7.05. The van der Waals surface area contributed by atoms with Crippen LogP contribution in [0.1, 0.15) is 113 Å². The fourth-order valence-corrected chi connectivity index (χ4v) is 4.72. The lowest BCUT2D eigenvalue weighted by Gasteiger charge is -2.24. The van der Waals surface area contributed by atoms with E-state index in [0.29, 0.717) is 17.6 Å². The second-order valence-electron chi connectivity index (χ2n) is 7.90. The minimum Gasteiger partial charge on any atom is -0.508 e. The molecule has 1 nitrogen and oxygen atoms in total. The standard InChI is InChI=1S/C22H34O/c23-22-17-20(18-11-7-3-1-4-8-12-18)15-16-21(22)19-13-9-5-2-6-10-14-19/h15-19,23H,1-14H2. The molecule has 0 bridgehead atoms. The summed E-state index contributed by atoms with van der Waals surface area (Å²) in [7, 11) is 0. The van der Waals surface area contributed by atoms with Gasteiger partial charge in [-0.15, -0.1) is 0 Å². The van der Waals surface area contributed by atoms with Crippen LogP contribution in [-0.2, 0) is 0 Å². The van der Waals surface area contributed by atoms with Gasteiger partial charge < -0.3 is 5.11 Å². The van der Waals surface area contributed by atoms with Crippen LogP contribution >= 0.6 is 0 Å². The van der Waals surface area contributed by atoms with Crippen molar-refractivity contribution in [3.05, 3.63) is 29.3 Å². The Kier molecular flexibility index (Phi) is 6.42. The summed E-state index contributed by atoms with van der Waals surface area (Å²) in [6.07, 6.45) is 18.9. The van der Waals surface area contributed by atoms with Gasteiger partial charge in [0.1, 0.15) is 5.75 Å². The average Bonchev–Trinajstić information content (AvgIpc) is 2.47. The van der Waals surface area contributed by atoms with E-state index in [1.165, 1.54) is 101 Å². The highest BCUT2D eigenvalue weighted by Gasteiger charge is 2.19. The van der Waals surface area contributed by atoms with Crippen molar-refractivity contribution in [1.29, 1.82) is 0 Å². The minimum absolute atomic E-state index is 0.579. The molecule has 0 aromatic heterocycles. The van der Waals surface area contributed by atoms with Crippen molar-refractivity contribution >= 4 is 0 Å². The molecule has 0 aliphatic heterocycles. The largest absolute Gasteiger partial charge is 0.508 e. The van der Waals surface area contributed by atoms with E-state index in [1.54, 1.807) is 0 Å². The van der Waals surface area contributed by atoms with Gasteiger partial charge in [-0.3, -0.25) is 0 Å². The maximum atomic E-state index is 10.7. The summed E-state index contributed by atoms with van der Waals surface area (Å²) in [5.41, 5.74) is 2.61. The Morgan fingerprint density at radius 2 is 1.09 bits per heavy atom. The van der Waals surface area contributed by atoms with Crippen molar-refractivity contribution in [3.63, 3.8) is 0 Å². The lowest BCUT2D eigenvalue weighted by Crippen LogP contribution is -2.05. The molecule has 1 N–H and O–H groups in total. The molecule has 23 heavy (non-hydrogen) atoms. The van der Waals surface area contributed by atoms with E-state index < -0.39 is 0 Å². The summed E-state index contributed by atoms with van der Waals surface area (Å²) in [6, 6.07) is 6.70. The zero-order chi connectivity index (χ0) is 15.9. The third-order valence-electron chi connectivity index (χ3n) is 6.18. The zero-order valence-electron chi connectivity index (χ0n) is 14.7. The molecule has 2 saturated carbocycles. The van der Waals surface area contributed by atoms with Crippen LogP contribution in [-0.4, -0.2) is 5.11 Å². The number of hydrogen-bond acceptors (Lipinski definition) is 1. The summed E-state index contributed by atoms with van der Waals surface area (Å²) < 4.78 is 0. The van der Waals surface area contributed by atoms with Crippen molar-refractivity contribution in [2.45, 2.75) is 102 Å². The lowest BCUT2D eigenvalue weighted by atomic mass is 9.82. The highest BCUT2D eigenvalue weighted by molar-refractivity contribution is 5.40. The van der Waals surface area contributed by atoms with E-state index in [9.17, 15) is 5.11 Å². The van der Waals surface area contributed by atoms with Crippen molar-refractivity contribution in [1.82, 2.24) is 0 Å². The van der Waals surface area contributed by atoms with Crippen LogP contribution in [0.25, 0.3) is 0 Å². The Morgan fingerprint density at radius 3 is 1.61 bits per heavy atom. The summed E-state index contributed by atoms with van der Waals surface area (Å²) in [6.45, 7) is 0. The summed E-state index contributed by atoms with van der Waals surface area (Å²) in [5, 5.41) is 10.7. The Bertz CT molecular complexity index is 463. The molecule has 0 spiro atoms. The summed E-state index contributed by atoms with van der Waals surface area (Å²) >= 11 is 0. The molecule has 1 aromatic carbocycles. The van der Waals surface area contributed by atoms with E-state index in [0.717, 1.165) is 0 Å². The van der Waals surface area contributed by atoms with Gasteiger partial charge in [0.05, 0.1) is 0 Å². The van der Waals surface area contributed by atoms with Crippen molar-refractivity contribution in [2.24, 2.45) is 0 Å². The fourth-order valence-electron chi connectivity index (χ4n) is 4.72. The van der Waals surface area contributed by atoms with Gasteiger partial charge in [0, 0.05) is 0 Å². The molecule has 1 heteroatoms. The number of rotatable bonds is 2. The van der Waals surface area contributed by atoms with E-state index in [2.05, 4.69) is 18.2 Å². The number of phenols is 1. The Morgan fingerprint density at radius 1 is 0.609 bits per heavy atom. The quantitative estimate of drug-likeness (QED) is 0.620. The van der Waals surface area contributed by atoms with Gasteiger partial charge in [-0.05, 0) is 54.7 Å². The average molecular weight is 315 g/mol. The first-order valence-electron chi connectivity index (χ1n) is 10.2. The first-order valence-corrected chi connectivity index (χ1v) is 10.2. The Hall–Kier alpha value is -0.980. The molecule has 0 heterocycles. The molecule has 1 aromatic rings. The van der Waals surface area contributed by atoms with Crippen molar-refractivity contribution < 1.29 is 5.11 Å². The van der Waals surface area contributed by atoms with Crippen LogP contribution in [0, 0.1) is 0 Å². The van der Waals surface area contributed by atoms with Crippen LogP contribution in [0.3, 0.4) is 0 Å². The first-order chi connectivity index (χ1) is 11.3. The van der Waals surface area contributed by atoms with Crippen LogP contribution < -0.4 is 0 Å². The smallest absolute Gasteiger partial charge is 0.119 e. The molecule has 0 radical (unpaired) electrons. The van der Waals surface area contributed by atoms with E-state index >= 15 is 0 Å². The van der Waals surface area contributed by atoms with Gasteiger partial charge in [0.2, 0.25) is 0 Å². The molecule has 2 aliphatic rings. The number of aromatic hydroxyl groups is 1. The maximum absolute atomic E-state index is 10.7. The minimum atomic E-state index is 0.579. The lowest BCUT2D eigenvalue weighted by molar-refractivity contribution is 0.420. The Balaban J connectivity index is 1.71. The highest BCUT2D eigenvalue weighted by Crippen LogP contribution is 2.39. The van der Waals surface area contributed by atoms with E-state index in [1.807, 2.05) is 0 Å². The summed E-state index contributed by atoms with van der Waals surface area (Å²) in [5.74, 6) is 1.84. The van der Waals surface area contributed by atoms with E-state index in [-0.39, 0.29) is 0 Å². The predicted molar refractivity (Wildman–Crippen MR) is 98.2 cm³/mol. The van der Waals surface area contributed by atoms with Gasteiger partial charge in [-0.2, -0.15) is 0 Å². The molecule has 0 saturated heterocycles. The molecule has 3 rings (SSSR count). The monoisotopic (exact) mass is 314 g/mol. The van der Waals surface area contributed by atoms with E-state index in [4.69, 9.17) is 0 Å². The first kappa shape index (κ1) is 16.9. The van der Waals surface area contributed by atoms with Gasteiger partial charge in [-0.1, -0.05) is 76.3 Å². The normalized spacial score (nSPS) is 22.8. The zero-order valence-corrected chi connectivity index (χ0v) is 14.7. The molecule has 0 atom stereocenters. The van der Waals surface area contributed by atoms with Crippen LogP contribution in [0.5, 0.6) is 5.75 Å². The topological polar surface area (TPSA) is 20.2 Å². The van der Waals surface area contributed by atoms with Crippen LogP contribution in [0.2, 0.25) is 0 Å². The third-order valence-corrected chi connectivity index (χ3v) is 6.18. The van der Waals surface area contributed by atoms with Crippen LogP contribution in [0.4, 0.5) is 0 Å². The fraction of sp³-hybridized carbons (Fsp3) is 0.727. The molecular formula is C22H34O. The third kappa shape index (κ3) is 4.75. The second-order valence-corrected chi connectivity index (χ2v) is 7.90. The molecule has 0 amide bonds. The number of hydrogen-bond donors (Lipinski definition) is 1.